The van der Waals surface area contributed by atoms with E-state index in [9.17, 15) is 4.79 Å². The number of thiocarbonyl (C=S) groups is 1. The largest absolute Gasteiger partial charge is 0.495 e. The summed E-state index contributed by atoms with van der Waals surface area (Å²) in [5, 5.41) is 6.88. The molecule has 0 spiro atoms. The summed E-state index contributed by atoms with van der Waals surface area (Å²) in [6.07, 6.45) is 0. The zero-order valence-electron chi connectivity index (χ0n) is 12.6. The summed E-state index contributed by atoms with van der Waals surface area (Å²) in [7, 11) is 1.53. The Hall–Kier alpha value is -2.57. The third kappa shape index (κ3) is 3.50. The van der Waals surface area contributed by atoms with Gasteiger partial charge in [0.1, 0.15) is 11.3 Å². The molecule has 0 aliphatic carbocycles. The smallest absolute Gasteiger partial charge is 0.293 e. The van der Waals surface area contributed by atoms with E-state index in [-0.39, 0.29) is 10.9 Å². The number of hydrogen-bond donors (Lipinski definition) is 2. The van der Waals surface area contributed by atoms with Gasteiger partial charge in [0, 0.05) is 11.1 Å². The summed E-state index contributed by atoms with van der Waals surface area (Å²) < 4.78 is 10.6. The first-order valence-electron chi connectivity index (χ1n) is 7.01. The maximum Gasteiger partial charge on any atom is 0.293 e. The number of rotatable bonds is 3. The minimum atomic E-state index is -0.427. The minimum Gasteiger partial charge on any atom is -0.495 e. The molecule has 0 saturated heterocycles. The van der Waals surface area contributed by atoms with Crippen LogP contribution >= 0.6 is 23.8 Å². The number of hydrogen-bond acceptors (Lipinski definition) is 4. The molecule has 122 valence electrons. The molecule has 0 aliphatic heterocycles. The Bertz CT molecular complexity index is 890. The van der Waals surface area contributed by atoms with Gasteiger partial charge in [-0.25, -0.2) is 0 Å². The first-order chi connectivity index (χ1) is 11.6. The van der Waals surface area contributed by atoms with Gasteiger partial charge in [-0.1, -0.05) is 29.8 Å². The number of halogens is 1. The quantitative estimate of drug-likeness (QED) is 0.685. The van der Waals surface area contributed by atoms with Gasteiger partial charge in [0.25, 0.3) is 5.91 Å². The van der Waals surface area contributed by atoms with Crippen LogP contribution in [0.4, 0.5) is 5.69 Å². The second-order valence-corrected chi connectivity index (χ2v) is 5.72. The van der Waals surface area contributed by atoms with E-state index in [1.54, 1.807) is 30.3 Å². The van der Waals surface area contributed by atoms with E-state index in [1.807, 2.05) is 18.2 Å². The SMILES string of the molecule is COc1ccc(NC(=S)NC(=O)c2cc3ccccc3o2)cc1Cl. The molecule has 0 atom stereocenters. The van der Waals surface area contributed by atoms with Crippen LogP contribution in [0.3, 0.4) is 0 Å². The van der Waals surface area contributed by atoms with Crippen molar-refractivity contribution >= 4 is 51.5 Å². The molecule has 1 aromatic heterocycles. The average Bonchev–Trinajstić information content (AvgIpc) is 2.99. The second-order valence-electron chi connectivity index (χ2n) is 4.91. The van der Waals surface area contributed by atoms with Gasteiger partial charge in [-0.3, -0.25) is 10.1 Å². The van der Waals surface area contributed by atoms with Gasteiger partial charge in [-0.15, -0.1) is 0 Å². The lowest BCUT2D eigenvalue weighted by atomic mass is 10.2. The highest BCUT2D eigenvalue weighted by molar-refractivity contribution is 7.80. The van der Waals surface area contributed by atoms with Crippen molar-refractivity contribution in [1.82, 2.24) is 5.32 Å². The molecule has 0 aliphatic rings. The molecule has 3 aromatic rings. The van der Waals surface area contributed by atoms with Crippen molar-refractivity contribution in [2.75, 3.05) is 12.4 Å². The third-order valence-electron chi connectivity index (χ3n) is 3.29. The van der Waals surface area contributed by atoms with Crippen molar-refractivity contribution in [3.8, 4) is 5.75 Å². The number of carbonyl (C=O) groups is 1. The molecular formula is C17H13ClN2O3S. The van der Waals surface area contributed by atoms with Crippen molar-refractivity contribution in [3.05, 3.63) is 59.3 Å². The van der Waals surface area contributed by atoms with Crippen LogP contribution in [0.5, 0.6) is 5.75 Å². The third-order valence-corrected chi connectivity index (χ3v) is 3.79. The zero-order chi connectivity index (χ0) is 17.1. The number of benzene rings is 2. The lowest BCUT2D eigenvalue weighted by Crippen LogP contribution is -2.33. The Kier molecular flexibility index (Phi) is 4.69. The monoisotopic (exact) mass is 360 g/mol. The molecule has 5 nitrogen and oxygen atoms in total. The number of amides is 1. The van der Waals surface area contributed by atoms with Gasteiger partial charge in [0.15, 0.2) is 10.9 Å². The van der Waals surface area contributed by atoms with Crippen LogP contribution in [0.1, 0.15) is 10.6 Å². The van der Waals surface area contributed by atoms with E-state index in [0.717, 1.165) is 5.39 Å². The van der Waals surface area contributed by atoms with Gasteiger partial charge in [0.2, 0.25) is 0 Å². The van der Waals surface area contributed by atoms with E-state index < -0.39 is 5.91 Å². The predicted molar refractivity (Wildman–Crippen MR) is 97.9 cm³/mol. The summed E-state index contributed by atoms with van der Waals surface area (Å²) in [5.74, 6) is 0.316. The molecule has 2 aromatic carbocycles. The summed E-state index contributed by atoms with van der Waals surface area (Å²) in [6, 6.07) is 14.1. The van der Waals surface area contributed by atoms with Crippen LogP contribution in [0.15, 0.2) is 52.9 Å². The number of furan rings is 1. The fourth-order valence-electron chi connectivity index (χ4n) is 2.16. The topological polar surface area (TPSA) is 63.5 Å². The van der Waals surface area contributed by atoms with Gasteiger partial charge < -0.3 is 14.5 Å². The van der Waals surface area contributed by atoms with Crippen LogP contribution in [-0.4, -0.2) is 18.1 Å². The van der Waals surface area contributed by atoms with Crippen LogP contribution in [0, 0.1) is 0 Å². The fourth-order valence-corrected chi connectivity index (χ4v) is 2.63. The molecule has 0 bridgehead atoms. The lowest BCUT2D eigenvalue weighted by molar-refractivity contribution is 0.0953. The first kappa shape index (κ1) is 16.3. The Morgan fingerprint density at radius 2 is 2.00 bits per heavy atom. The van der Waals surface area contributed by atoms with E-state index in [1.165, 1.54) is 7.11 Å². The molecule has 2 N–H and O–H groups in total. The molecule has 7 heteroatoms. The molecular weight excluding hydrogens is 348 g/mol. The van der Waals surface area contributed by atoms with Crippen molar-refractivity contribution in [3.63, 3.8) is 0 Å². The minimum absolute atomic E-state index is 0.140. The molecule has 0 radical (unpaired) electrons. The van der Waals surface area contributed by atoms with Crippen LogP contribution < -0.4 is 15.4 Å². The number of ether oxygens (including phenoxy) is 1. The number of anilines is 1. The van der Waals surface area contributed by atoms with Crippen molar-refractivity contribution in [2.24, 2.45) is 0 Å². The fraction of sp³-hybridized carbons (Fsp3) is 0.0588. The van der Waals surface area contributed by atoms with Crippen LogP contribution in [0.25, 0.3) is 11.0 Å². The standard InChI is InChI=1S/C17H13ClN2O3S/c1-22-14-7-6-11(9-12(14)18)19-17(24)20-16(21)15-8-10-4-2-3-5-13(10)23-15/h2-9H,1H3,(H2,19,20,21,24). The van der Waals surface area contributed by atoms with E-state index >= 15 is 0 Å². The van der Waals surface area contributed by atoms with E-state index in [4.69, 9.17) is 33.0 Å². The highest BCUT2D eigenvalue weighted by Crippen LogP contribution is 2.27. The van der Waals surface area contributed by atoms with Crippen molar-refractivity contribution in [1.29, 1.82) is 0 Å². The molecule has 24 heavy (non-hydrogen) atoms. The van der Waals surface area contributed by atoms with Gasteiger partial charge >= 0.3 is 0 Å². The Morgan fingerprint density at radius 1 is 1.21 bits per heavy atom. The maximum absolute atomic E-state index is 12.2. The Morgan fingerprint density at radius 3 is 2.71 bits per heavy atom. The molecule has 1 heterocycles. The predicted octanol–water partition coefficient (Wildman–Crippen LogP) is 4.22. The molecule has 0 fully saturated rings. The highest BCUT2D eigenvalue weighted by Gasteiger charge is 2.13. The summed E-state index contributed by atoms with van der Waals surface area (Å²) in [5.41, 5.74) is 1.28. The number of methoxy groups -OCH3 is 1. The van der Waals surface area contributed by atoms with Crippen molar-refractivity contribution < 1.29 is 13.9 Å². The van der Waals surface area contributed by atoms with E-state index in [0.29, 0.717) is 22.0 Å². The van der Waals surface area contributed by atoms with Crippen molar-refractivity contribution in [2.45, 2.75) is 0 Å². The number of carbonyl (C=O) groups excluding carboxylic acids is 1. The highest BCUT2D eigenvalue weighted by atomic mass is 35.5. The second kappa shape index (κ2) is 6.90. The molecule has 1 amide bonds. The summed E-state index contributed by atoms with van der Waals surface area (Å²) >= 11 is 11.2. The maximum atomic E-state index is 12.2. The zero-order valence-corrected chi connectivity index (χ0v) is 14.2. The number of para-hydroxylation sites is 1. The number of nitrogens with one attached hydrogen (secondary N) is 2. The normalized spacial score (nSPS) is 10.4. The van der Waals surface area contributed by atoms with E-state index in [2.05, 4.69) is 10.6 Å². The van der Waals surface area contributed by atoms with Gasteiger partial charge in [-0.2, -0.15) is 0 Å². The molecule has 0 unspecified atom stereocenters. The Balaban J connectivity index is 1.67. The average molecular weight is 361 g/mol. The van der Waals surface area contributed by atoms with Gasteiger partial charge in [0.05, 0.1) is 12.1 Å². The van der Waals surface area contributed by atoms with Gasteiger partial charge in [-0.05, 0) is 42.5 Å². The summed E-state index contributed by atoms with van der Waals surface area (Å²) in [6.45, 7) is 0. The Labute approximate surface area is 148 Å². The van der Waals surface area contributed by atoms with Crippen LogP contribution in [-0.2, 0) is 0 Å². The lowest BCUT2D eigenvalue weighted by Gasteiger charge is -2.10. The molecule has 0 saturated carbocycles. The molecule has 3 rings (SSSR count). The first-order valence-corrected chi connectivity index (χ1v) is 7.80. The number of fused-ring (bicyclic) bond motifs is 1. The summed E-state index contributed by atoms with van der Waals surface area (Å²) in [4.78, 5) is 12.2. The van der Waals surface area contributed by atoms with Crippen LogP contribution in [0.2, 0.25) is 5.02 Å².